The number of benzene rings is 1. The molecule has 0 aliphatic rings. The summed E-state index contributed by atoms with van der Waals surface area (Å²) in [7, 11) is 0. The maximum atomic E-state index is 5.78. The second kappa shape index (κ2) is 7.96. The van der Waals surface area contributed by atoms with Gasteiger partial charge in [-0.3, -0.25) is 0 Å². The van der Waals surface area contributed by atoms with Crippen LogP contribution in [0.3, 0.4) is 0 Å². The lowest BCUT2D eigenvalue weighted by atomic mass is 9.93. The van der Waals surface area contributed by atoms with Crippen LogP contribution in [0.2, 0.25) is 0 Å². The van der Waals surface area contributed by atoms with Gasteiger partial charge in [0.1, 0.15) is 11.1 Å². The molecule has 0 radical (unpaired) electrons. The van der Waals surface area contributed by atoms with Gasteiger partial charge in [-0.1, -0.05) is 64.1 Å². The van der Waals surface area contributed by atoms with Crippen molar-refractivity contribution in [3.8, 4) is 5.75 Å². The van der Waals surface area contributed by atoms with Gasteiger partial charge in [0.05, 0.1) is 12.3 Å². The Morgan fingerprint density at radius 1 is 0.826 bits per heavy atom. The number of para-hydroxylation sites is 1. The van der Waals surface area contributed by atoms with E-state index in [1.165, 1.54) is 11.1 Å². The Bertz CT molecular complexity index is 691. The summed E-state index contributed by atoms with van der Waals surface area (Å²) in [5.41, 5.74) is 3.65. The summed E-state index contributed by atoms with van der Waals surface area (Å²) < 4.78 is 5.78. The SMILES string of the molecule is CCOc1cccccc1=Nc1c(C(C)C)cccc1C(C)C. The summed E-state index contributed by atoms with van der Waals surface area (Å²) in [4.78, 5) is 5.02. The van der Waals surface area contributed by atoms with Crippen molar-refractivity contribution in [2.24, 2.45) is 4.99 Å². The summed E-state index contributed by atoms with van der Waals surface area (Å²) in [6.07, 6.45) is 0. The Morgan fingerprint density at radius 2 is 1.43 bits per heavy atom. The van der Waals surface area contributed by atoms with E-state index < -0.39 is 0 Å². The number of hydrogen-bond acceptors (Lipinski definition) is 2. The Kier molecular flexibility index (Phi) is 5.97. The van der Waals surface area contributed by atoms with Crippen molar-refractivity contribution >= 4 is 5.69 Å². The monoisotopic (exact) mass is 309 g/mol. The van der Waals surface area contributed by atoms with Gasteiger partial charge < -0.3 is 4.74 Å². The molecule has 0 amide bonds. The van der Waals surface area contributed by atoms with Gasteiger partial charge in [-0.15, -0.1) is 0 Å². The molecule has 0 fully saturated rings. The van der Waals surface area contributed by atoms with E-state index in [0.717, 1.165) is 16.8 Å². The van der Waals surface area contributed by atoms with Gasteiger partial charge >= 0.3 is 0 Å². The predicted octanol–water partition coefficient (Wildman–Crippen LogP) is 5.56. The second-order valence-corrected chi connectivity index (χ2v) is 6.30. The summed E-state index contributed by atoms with van der Waals surface area (Å²) in [6, 6.07) is 16.5. The van der Waals surface area contributed by atoms with Crippen molar-refractivity contribution in [2.45, 2.75) is 46.5 Å². The Morgan fingerprint density at radius 3 is 2.00 bits per heavy atom. The first kappa shape index (κ1) is 17.3. The van der Waals surface area contributed by atoms with E-state index in [0.29, 0.717) is 18.4 Å². The van der Waals surface area contributed by atoms with Gasteiger partial charge in [0, 0.05) is 0 Å². The third-order valence-electron chi connectivity index (χ3n) is 3.85. The molecule has 0 heterocycles. The molecule has 0 spiro atoms. The fourth-order valence-corrected chi connectivity index (χ4v) is 2.65. The van der Waals surface area contributed by atoms with Crippen molar-refractivity contribution in [3.05, 3.63) is 65.0 Å². The first-order valence-corrected chi connectivity index (χ1v) is 8.44. The van der Waals surface area contributed by atoms with E-state index in [2.05, 4.69) is 45.9 Å². The number of ether oxygens (including phenoxy) is 1. The van der Waals surface area contributed by atoms with Crippen LogP contribution < -0.4 is 10.1 Å². The summed E-state index contributed by atoms with van der Waals surface area (Å²) in [5, 5.41) is 0.881. The zero-order valence-corrected chi connectivity index (χ0v) is 14.8. The highest BCUT2D eigenvalue weighted by Gasteiger charge is 2.13. The van der Waals surface area contributed by atoms with E-state index in [4.69, 9.17) is 9.73 Å². The average Bonchev–Trinajstić information content (AvgIpc) is 2.73. The second-order valence-electron chi connectivity index (χ2n) is 6.30. The van der Waals surface area contributed by atoms with E-state index in [1.54, 1.807) is 0 Å². The minimum Gasteiger partial charge on any atom is -0.492 e. The molecule has 0 aliphatic heterocycles. The van der Waals surface area contributed by atoms with Crippen molar-refractivity contribution in [1.29, 1.82) is 0 Å². The topological polar surface area (TPSA) is 21.6 Å². The molecule has 0 saturated heterocycles. The molecule has 23 heavy (non-hydrogen) atoms. The van der Waals surface area contributed by atoms with Gasteiger partial charge in [0.25, 0.3) is 0 Å². The average molecular weight is 309 g/mol. The Balaban J connectivity index is 2.75. The minimum absolute atomic E-state index is 0.431. The summed E-state index contributed by atoms with van der Waals surface area (Å²) >= 11 is 0. The van der Waals surface area contributed by atoms with Gasteiger partial charge in [0.15, 0.2) is 0 Å². The van der Waals surface area contributed by atoms with Crippen LogP contribution in [-0.2, 0) is 0 Å². The van der Waals surface area contributed by atoms with Gasteiger partial charge in [-0.25, -0.2) is 4.99 Å². The van der Waals surface area contributed by atoms with E-state index >= 15 is 0 Å². The van der Waals surface area contributed by atoms with Crippen LogP contribution in [0.1, 0.15) is 57.6 Å². The maximum Gasteiger partial charge on any atom is 0.144 e. The van der Waals surface area contributed by atoms with Gasteiger partial charge in [-0.05, 0) is 42.0 Å². The zero-order chi connectivity index (χ0) is 16.8. The van der Waals surface area contributed by atoms with Crippen molar-refractivity contribution in [2.75, 3.05) is 6.61 Å². The van der Waals surface area contributed by atoms with E-state index in [9.17, 15) is 0 Å². The molecule has 2 aromatic carbocycles. The van der Waals surface area contributed by atoms with Crippen LogP contribution in [0, 0.1) is 0 Å². The van der Waals surface area contributed by atoms with Gasteiger partial charge in [0.2, 0.25) is 0 Å². The Labute approximate surface area is 139 Å². The molecule has 2 aromatic rings. The molecule has 2 nitrogen and oxygen atoms in total. The molecule has 2 heteroatoms. The lowest BCUT2D eigenvalue weighted by molar-refractivity contribution is 0.336. The molecule has 0 unspecified atom stereocenters. The normalized spacial score (nSPS) is 12.0. The predicted molar refractivity (Wildman–Crippen MR) is 97.5 cm³/mol. The van der Waals surface area contributed by atoms with Crippen LogP contribution in [0.4, 0.5) is 5.69 Å². The molecular weight excluding hydrogens is 282 g/mol. The lowest BCUT2D eigenvalue weighted by Crippen LogP contribution is -2.07. The van der Waals surface area contributed by atoms with E-state index in [1.807, 2.05) is 37.3 Å². The lowest BCUT2D eigenvalue weighted by Gasteiger charge is -2.16. The number of nitrogens with zero attached hydrogens (tertiary/aromatic N) is 1. The van der Waals surface area contributed by atoms with Gasteiger partial charge in [-0.2, -0.15) is 0 Å². The molecule has 0 atom stereocenters. The highest BCUT2D eigenvalue weighted by molar-refractivity contribution is 5.56. The summed E-state index contributed by atoms with van der Waals surface area (Å²) in [5.74, 6) is 1.69. The summed E-state index contributed by atoms with van der Waals surface area (Å²) in [6.45, 7) is 11.5. The molecule has 2 rings (SSSR count). The molecule has 122 valence electrons. The first-order valence-electron chi connectivity index (χ1n) is 8.44. The van der Waals surface area contributed by atoms with Crippen LogP contribution in [-0.4, -0.2) is 6.61 Å². The first-order chi connectivity index (χ1) is 11.0. The molecule has 0 saturated carbocycles. The van der Waals surface area contributed by atoms with E-state index in [-0.39, 0.29) is 0 Å². The van der Waals surface area contributed by atoms with Crippen molar-refractivity contribution in [3.63, 3.8) is 0 Å². The van der Waals surface area contributed by atoms with Crippen LogP contribution >= 0.6 is 0 Å². The third-order valence-corrected chi connectivity index (χ3v) is 3.85. The van der Waals surface area contributed by atoms with Crippen LogP contribution in [0.5, 0.6) is 5.75 Å². The third kappa shape index (κ3) is 4.22. The molecular formula is C21H27NO. The highest BCUT2D eigenvalue weighted by atomic mass is 16.5. The van der Waals surface area contributed by atoms with Crippen LogP contribution in [0.15, 0.2) is 53.5 Å². The van der Waals surface area contributed by atoms with Crippen molar-refractivity contribution in [1.82, 2.24) is 0 Å². The smallest absolute Gasteiger partial charge is 0.144 e. The van der Waals surface area contributed by atoms with Crippen molar-refractivity contribution < 1.29 is 4.74 Å². The molecule has 0 N–H and O–H groups in total. The number of hydrogen-bond donors (Lipinski definition) is 0. The van der Waals surface area contributed by atoms with Crippen LogP contribution in [0.25, 0.3) is 0 Å². The quantitative estimate of drug-likeness (QED) is 0.708. The highest BCUT2D eigenvalue weighted by Crippen LogP contribution is 2.34. The standard InChI is InChI=1S/C21H27NO/c1-6-23-20-14-9-7-8-13-19(20)22-21-17(15(2)3)11-10-12-18(21)16(4)5/h7-16H,6H2,1-5H3. The fraction of sp³-hybridized carbons (Fsp3) is 0.381. The molecule has 0 bridgehead atoms. The zero-order valence-electron chi connectivity index (χ0n) is 14.8. The molecule has 0 aliphatic carbocycles. The number of rotatable bonds is 5. The largest absolute Gasteiger partial charge is 0.492 e. The fourth-order valence-electron chi connectivity index (χ4n) is 2.65. The molecule has 0 aromatic heterocycles. The maximum absolute atomic E-state index is 5.78. The Hall–Kier alpha value is -2.09. The minimum atomic E-state index is 0.431.